The SMILES string of the molecule is CC[Si](/C=C\CCCc1ccccc1)(CC)CC. The highest BCUT2D eigenvalue weighted by Crippen LogP contribution is 2.21. The van der Waals surface area contributed by atoms with Crippen molar-refractivity contribution in [1.82, 2.24) is 0 Å². The molecule has 0 aliphatic rings. The molecule has 1 rings (SSSR count). The van der Waals surface area contributed by atoms with Crippen LogP contribution in [0.15, 0.2) is 42.1 Å². The zero-order valence-electron chi connectivity index (χ0n) is 12.3. The molecule has 0 amide bonds. The van der Waals surface area contributed by atoms with Crippen LogP contribution in [0.5, 0.6) is 0 Å². The van der Waals surface area contributed by atoms with Gasteiger partial charge in [-0.3, -0.25) is 0 Å². The summed E-state index contributed by atoms with van der Waals surface area (Å²) in [5, 5.41) is 0. The van der Waals surface area contributed by atoms with Crippen LogP contribution in [0.1, 0.15) is 39.2 Å². The molecule has 0 saturated carbocycles. The number of hydrogen-bond acceptors (Lipinski definition) is 0. The predicted molar refractivity (Wildman–Crippen MR) is 85.7 cm³/mol. The van der Waals surface area contributed by atoms with Gasteiger partial charge < -0.3 is 0 Å². The molecule has 100 valence electrons. The molecule has 0 fully saturated rings. The molecule has 0 aliphatic heterocycles. The van der Waals surface area contributed by atoms with E-state index in [0.29, 0.717) is 0 Å². The Labute approximate surface area is 114 Å². The summed E-state index contributed by atoms with van der Waals surface area (Å²) < 4.78 is 0. The largest absolute Gasteiger partial charge is 0.0981 e. The maximum absolute atomic E-state index is 2.61. The van der Waals surface area contributed by atoms with E-state index in [9.17, 15) is 0 Å². The third-order valence-electron chi connectivity index (χ3n) is 4.26. The molecule has 0 unspecified atom stereocenters. The Morgan fingerprint density at radius 1 is 0.944 bits per heavy atom. The highest BCUT2D eigenvalue weighted by Gasteiger charge is 2.22. The van der Waals surface area contributed by atoms with Crippen molar-refractivity contribution in [2.75, 3.05) is 0 Å². The monoisotopic (exact) mass is 260 g/mol. The van der Waals surface area contributed by atoms with Crippen molar-refractivity contribution in [3.05, 3.63) is 47.7 Å². The van der Waals surface area contributed by atoms with Crippen LogP contribution < -0.4 is 0 Å². The molecular weight excluding hydrogens is 232 g/mol. The Hall–Kier alpha value is -0.823. The van der Waals surface area contributed by atoms with E-state index in [0.717, 1.165) is 0 Å². The second kappa shape index (κ2) is 8.31. The fraction of sp³-hybridized carbons (Fsp3) is 0.529. The average Bonchev–Trinajstić information content (AvgIpc) is 2.45. The minimum Gasteiger partial charge on any atom is -0.0981 e. The van der Waals surface area contributed by atoms with Crippen molar-refractivity contribution < 1.29 is 0 Å². The Kier molecular flexibility index (Phi) is 7.03. The third kappa shape index (κ3) is 4.81. The Balaban J connectivity index is 2.33. The summed E-state index contributed by atoms with van der Waals surface area (Å²) >= 11 is 0. The molecule has 1 heteroatoms. The van der Waals surface area contributed by atoms with Gasteiger partial charge in [-0.15, -0.1) is 0 Å². The zero-order valence-corrected chi connectivity index (χ0v) is 13.3. The number of allylic oxidation sites excluding steroid dienone is 1. The van der Waals surface area contributed by atoms with E-state index in [4.69, 9.17) is 0 Å². The van der Waals surface area contributed by atoms with E-state index in [2.05, 4.69) is 62.9 Å². The van der Waals surface area contributed by atoms with Gasteiger partial charge in [0.2, 0.25) is 0 Å². The van der Waals surface area contributed by atoms with Crippen molar-refractivity contribution >= 4 is 8.07 Å². The lowest BCUT2D eigenvalue weighted by Crippen LogP contribution is -2.28. The number of rotatable bonds is 8. The smallest absolute Gasteiger partial charge is 0.0766 e. The first-order valence-corrected chi connectivity index (χ1v) is 10.2. The lowest BCUT2D eigenvalue weighted by Gasteiger charge is -2.23. The lowest BCUT2D eigenvalue weighted by atomic mass is 10.1. The summed E-state index contributed by atoms with van der Waals surface area (Å²) in [6.45, 7) is 7.11. The summed E-state index contributed by atoms with van der Waals surface area (Å²) in [7, 11) is -1.03. The highest BCUT2D eigenvalue weighted by atomic mass is 28.3. The third-order valence-corrected chi connectivity index (χ3v) is 9.43. The maximum Gasteiger partial charge on any atom is 0.0766 e. The molecule has 0 heterocycles. The van der Waals surface area contributed by atoms with Crippen molar-refractivity contribution in [2.24, 2.45) is 0 Å². The minimum atomic E-state index is -1.03. The predicted octanol–water partition coefficient (Wildman–Crippen LogP) is 5.61. The number of hydrogen-bond donors (Lipinski definition) is 0. The van der Waals surface area contributed by atoms with E-state index in [1.807, 2.05) is 0 Å². The van der Waals surface area contributed by atoms with Gasteiger partial charge in [0.25, 0.3) is 0 Å². The van der Waals surface area contributed by atoms with Crippen molar-refractivity contribution in [3.8, 4) is 0 Å². The van der Waals surface area contributed by atoms with Gasteiger partial charge in [0.15, 0.2) is 0 Å². The number of unbranched alkanes of at least 4 members (excludes halogenated alkanes) is 1. The first-order valence-electron chi connectivity index (χ1n) is 7.48. The van der Waals surface area contributed by atoms with Crippen LogP contribution in [0.25, 0.3) is 0 Å². The van der Waals surface area contributed by atoms with Gasteiger partial charge in [-0.05, 0) is 24.8 Å². The zero-order chi connectivity index (χ0) is 13.3. The molecule has 0 aliphatic carbocycles. The molecule has 0 atom stereocenters. The first kappa shape index (κ1) is 15.2. The van der Waals surface area contributed by atoms with Gasteiger partial charge in [0, 0.05) is 0 Å². The second-order valence-corrected chi connectivity index (χ2v) is 10.4. The molecule has 1 aromatic rings. The van der Waals surface area contributed by atoms with Crippen LogP contribution in [0.2, 0.25) is 18.1 Å². The van der Waals surface area contributed by atoms with Gasteiger partial charge >= 0.3 is 0 Å². The highest BCUT2D eigenvalue weighted by molar-refractivity contribution is 6.84. The quantitative estimate of drug-likeness (QED) is 0.421. The molecule has 0 aromatic heterocycles. The normalized spacial score (nSPS) is 12.2. The summed E-state index contributed by atoms with van der Waals surface area (Å²) in [6.07, 6.45) is 6.20. The second-order valence-electron chi connectivity index (χ2n) is 5.20. The fourth-order valence-corrected chi connectivity index (χ4v) is 5.38. The summed E-state index contributed by atoms with van der Waals surface area (Å²) in [4.78, 5) is 0. The molecule has 1 aromatic carbocycles. The molecule has 0 nitrogen and oxygen atoms in total. The average molecular weight is 260 g/mol. The van der Waals surface area contributed by atoms with Crippen LogP contribution >= 0.6 is 0 Å². The Bertz CT molecular complexity index is 328. The van der Waals surface area contributed by atoms with Gasteiger partial charge in [-0.1, -0.05) is 81.0 Å². The number of aryl methyl sites for hydroxylation is 1. The molecule has 0 spiro atoms. The van der Waals surface area contributed by atoms with E-state index in [1.165, 1.54) is 43.0 Å². The topological polar surface area (TPSA) is 0 Å². The Morgan fingerprint density at radius 3 is 2.11 bits per heavy atom. The molecule has 0 radical (unpaired) electrons. The van der Waals surface area contributed by atoms with E-state index >= 15 is 0 Å². The van der Waals surface area contributed by atoms with E-state index in [-0.39, 0.29) is 0 Å². The Morgan fingerprint density at radius 2 is 1.56 bits per heavy atom. The minimum absolute atomic E-state index is 1.03. The molecule has 18 heavy (non-hydrogen) atoms. The van der Waals surface area contributed by atoms with Gasteiger partial charge in [0.1, 0.15) is 0 Å². The fourth-order valence-electron chi connectivity index (χ4n) is 2.51. The summed E-state index contributed by atoms with van der Waals surface area (Å²) in [5.74, 6) is 0. The molecule has 0 saturated heterocycles. The van der Waals surface area contributed by atoms with Crippen LogP contribution in [-0.2, 0) is 6.42 Å². The van der Waals surface area contributed by atoms with Crippen molar-refractivity contribution in [2.45, 2.75) is 58.2 Å². The standard InChI is InChI=1S/C17H28Si/c1-4-18(5-2,6-3)16-12-8-11-15-17-13-9-7-10-14-17/h7,9-10,12-14,16H,4-6,8,11,15H2,1-3H3/b16-12-. The molecule has 0 bridgehead atoms. The van der Waals surface area contributed by atoms with Gasteiger partial charge in [0.05, 0.1) is 8.07 Å². The molecular formula is C17H28Si. The van der Waals surface area contributed by atoms with Crippen LogP contribution in [-0.4, -0.2) is 8.07 Å². The van der Waals surface area contributed by atoms with E-state index in [1.54, 1.807) is 0 Å². The maximum atomic E-state index is 2.61. The summed E-state index contributed by atoms with van der Waals surface area (Å²) in [6, 6.07) is 15.0. The lowest BCUT2D eigenvalue weighted by molar-refractivity contribution is 0.843. The molecule has 0 N–H and O–H groups in total. The van der Waals surface area contributed by atoms with Crippen LogP contribution in [0.3, 0.4) is 0 Å². The van der Waals surface area contributed by atoms with E-state index < -0.39 is 8.07 Å². The number of benzene rings is 1. The van der Waals surface area contributed by atoms with Crippen LogP contribution in [0.4, 0.5) is 0 Å². The van der Waals surface area contributed by atoms with Crippen LogP contribution in [0, 0.1) is 0 Å². The van der Waals surface area contributed by atoms with Crippen molar-refractivity contribution in [1.29, 1.82) is 0 Å². The van der Waals surface area contributed by atoms with Gasteiger partial charge in [-0.25, -0.2) is 0 Å². The van der Waals surface area contributed by atoms with Crippen molar-refractivity contribution in [3.63, 3.8) is 0 Å². The summed E-state index contributed by atoms with van der Waals surface area (Å²) in [5.41, 5.74) is 4.08. The van der Waals surface area contributed by atoms with Gasteiger partial charge in [-0.2, -0.15) is 0 Å². The first-order chi connectivity index (χ1) is 8.76.